The second kappa shape index (κ2) is 10.8. The van der Waals surface area contributed by atoms with Gasteiger partial charge in [-0.2, -0.15) is 28.5 Å². The highest BCUT2D eigenvalue weighted by molar-refractivity contribution is 6.02. The van der Waals surface area contributed by atoms with Gasteiger partial charge in [0.05, 0.1) is 24.0 Å². The SMILES string of the molecule is CCn1nc(C)cc1-c1n[nH]c(-c2cc(C(N)=O)cc3c2cnn3CCN2CC(F)C2)n1.O=C(O)C(F)(F)F. The van der Waals surface area contributed by atoms with Gasteiger partial charge in [0.15, 0.2) is 11.6 Å². The van der Waals surface area contributed by atoms with E-state index >= 15 is 0 Å². The molecule has 208 valence electrons. The number of halogens is 4. The number of primary amides is 1. The van der Waals surface area contributed by atoms with E-state index in [0.29, 0.717) is 55.5 Å². The highest BCUT2D eigenvalue weighted by Crippen LogP contribution is 2.30. The van der Waals surface area contributed by atoms with E-state index in [1.165, 1.54) is 0 Å². The number of aryl methyl sites for hydroxylation is 2. The number of aromatic nitrogens is 7. The quantitative estimate of drug-likeness (QED) is 0.295. The van der Waals surface area contributed by atoms with Gasteiger partial charge >= 0.3 is 12.1 Å². The maximum Gasteiger partial charge on any atom is 0.490 e. The molecule has 4 aromatic rings. The molecule has 4 heterocycles. The minimum absolute atomic E-state index is 0.356. The van der Waals surface area contributed by atoms with E-state index < -0.39 is 24.2 Å². The number of aliphatic carboxylic acids is 1. The van der Waals surface area contributed by atoms with Gasteiger partial charge in [-0.25, -0.2) is 14.2 Å². The van der Waals surface area contributed by atoms with Gasteiger partial charge in [-0.1, -0.05) is 0 Å². The van der Waals surface area contributed by atoms with Crippen molar-refractivity contribution in [3.05, 3.63) is 35.7 Å². The molecular weight excluding hydrogens is 526 g/mol. The predicted octanol–water partition coefficient (Wildman–Crippen LogP) is 2.40. The van der Waals surface area contributed by atoms with Crippen molar-refractivity contribution in [2.45, 2.75) is 39.3 Å². The third-order valence-electron chi connectivity index (χ3n) is 6.00. The fraction of sp³-hybridized carbons (Fsp3) is 0.391. The molecular formula is C23H25F4N9O3. The van der Waals surface area contributed by atoms with E-state index in [1.807, 2.05) is 34.2 Å². The summed E-state index contributed by atoms with van der Waals surface area (Å²) >= 11 is 0. The number of H-pyrrole nitrogens is 1. The lowest BCUT2D eigenvalue weighted by Crippen LogP contribution is -2.49. The monoisotopic (exact) mass is 551 g/mol. The van der Waals surface area contributed by atoms with Crippen LogP contribution in [0.15, 0.2) is 24.4 Å². The van der Waals surface area contributed by atoms with Crippen molar-refractivity contribution < 1.29 is 32.3 Å². The second-order valence-electron chi connectivity index (χ2n) is 8.84. The molecule has 1 aliphatic heterocycles. The van der Waals surface area contributed by atoms with Gasteiger partial charge in [-0.15, -0.1) is 0 Å². The first-order chi connectivity index (χ1) is 18.4. The summed E-state index contributed by atoms with van der Waals surface area (Å²) in [6.45, 7) is 6.78. The van der Waals surface area contributed by atoms with E-state index in [-0.39, 0.29) is 0 Å². The third kappa shape index (κ3) is 6.05. The summed E-state index contributed by atoms with van der Waals surface area (Å²) in [7, 11) is 0. The molecule has 5 rings (SSSR count). The number of aromatic amines is 1. The molecule has 3 aromatic heterocycles. The molecule has 1 amide bonds. The summed E-state index contributed by atoms with van der Waals surface area (Å²) in [6.07, 6.45) is -4.09. The molecule has 1 fully saturated rings. The van der Waals surface area contributed by atoms with Crippen LogP contribution in [0.4, 0.5) is 17.6 Å². The Morgan fingerprint density at radius 1 is 1.18 bits per heavy atom. The van der Waals surface area contributed by atoms with E-state index in [0.717, 1.165) is 22.3 Å². The van der Waals surface area contributed by atoms with Crippen molar-refractivity contribution in [2.75, 3.05) is 19.6 Å². The number of hydrogen-bond donors (Lipinski definition) is 3. The molecule has 0 radical (unpaired) electrons. The van der Waals surface area contributed by atoms with Crippen LogP contribution in [0.2, 0.25) is 0 Å². The minimum atomic E-state index is -5.08. The predicted molar refractivity (Wildman–Crippen MR) is 130 cm³/mol. The fourth-order valence-corrected chi connectivity index (χ4v) is 4.08. The highest BCUT2D eigenvalue weighted by Gasteiger charge is 2.38. The lowest BCUT2D eigenvalue weighted by atomic mass is 10.0. The number of nitrogens with two attached hydrogens (primary N) is 1. The van der Waals surface area contributed by atoms with E-state index in [2.05, 4.69) is 25.4 Å². The lowest BCUT2D eigenvalue weighted by molar-refractivity contribution is -0.192. The number of carboxylic acid groups (broad SMARTS) is 1. The summed E-state index contributed by atoms with van der Waals surface area (Å²) in [5.74, 6) is -2.26. The summed E-state index contributed by atoms with van der Waals surface area (Å²) in [5.41, 5.74) is 9.10. The van der Waals surface area contributed by atoms with Crippen LogP contribution in [0.1, 0.15) is 23.0 Å². The van der Waals surface area contributed by atoms with Crippen LogP contribution in [0.5, 0.6) is 0 Å². The molecule has 0 atom stereocenters. The molecule has 0 unspecified atom stereocenters. The molecule has 0 bridgehead atoms. The summed E-state index contributed by atoms with van der Waals surface area (Å²) in [6, 6.07) is 5.36. The molecule has 0 aliphatic carbocycles. The first-order valence-corrected chi connectivity index (χ1v) is 11.8. The number of nitrogens with zero attached hydrogens (tertiary/aromatic N) is 7. The van der Waals surface area contributed by atoms with Crippen molar-refractivity contribution in [1.29, 1.82) is 0 Å². The normalized spacial score (nSPS) is 14.2. The molecule has 1 saturated heterocycles. The molecule has 4 N–H and O–H groups in total. The number of likely N-dealkylation sites (tertiary alicyclic amines) is 1. The van der Waals surface area contributed by atoms with Crippen molar-refractivity contribution in [1.82, 2.24) is 39.6 Å². The maximum absolute atomic E-state index is 13.1. The van der Waals surface area contributed by atoms with Crippen LogP contribution in [-0.2, 0) is 17.9 Å². The van der Waals surface area contributed by atoms with Gasteiger partial charge in [-0.05, 0) is 32.0 Å². The topological polar surface area (TPSA) is 161 Å². The second-order valence-corrected chi connectivity index (χ2v) is 8.84. The first-order valence-electron chi connectivity index (χ1n) is 11.8. The highest BCUT2D eigenvalue weighted by atomic mass is 19.4. The Morgan fingerprint density at radius 2 is 1.87 bits per heavy atom. The minimum Gasteiger partial charge on any atom is -0.475 e. The number of alkyl halides is 4. The molecule has 39 heavy (non-hydrogen) atoms. The molecule has 16 heteroatoms. The summed E-state index contributed by atoms with van der Waals surface area (Å²) in [4.78, 5) is 27.6. The van der Waals surface area contributed by atoms with Crippen molar-refractivity contribution >= 4 is 22.8 Å². The number of nitrogens with one attached hydrogen (secondary N) is 1. The Morgan fingerprint density at radius 3 is 2.46 bits per heavy atom. The van der Waals surface area contributed by atoms with Gasteiger partial charge in [-0.3, -0.25) is 24.2 Å². The molecule has 0 saturated carbocycles. The van der Waals surface area contributed by atoms with Crippen LogP contribution in [0, 0.1) is 6.92 Å². The summed E-state index contributed by atoms with van der Waals surface area (Å²) < 4.78 is 48.5. The number of benzene rings is 1. The van der Waals surface area contributed by atoms with E-state index in [9.17, 15) is 22.4 Å². The number of carboxylic acids is 1. The first kappa shape index (κ1) is 27.7. The zero-order valence-corrected chi connectivity index (χ0v) is 20.9. The van der Waals surface area contributed by atoms with Gasteiger partial charge < -0.3 is 10.8 Å². The van der Waals surface area contributed by atoms with Crippen LogP contribution in [-0.4, -0.2) is 88.6 Å². The fourth-order valence-electron chi connectivity index (χ4n) is 4.08. The van der Waals surface area contributed by atoms with Gasteiger partial charge in [0.1, 0.15) is 11.9 Å². The van der Waals surface area contributed by atoms with Gasteiger partial charge in [0, 0.05) is 42.7 Å². The van der Waals surface area contributed by atoms with E-state index in [4.69, 9.17) is 15.6 Å². The molecule has 1 aliphatic rings. The maximum atomic E-state index is 13.1. The average molecular weight is 552 g/mol. The lowest BCUT2D eigenvalue weighted by Gasteiger charge is -2.34. The third-order valence-corrected chi connectivity index (χ3v) is 6.00. The Bertz CT molecular complexity index is 1500. The van der Waals surface area contributed by atoms with Crippen LogP contribution in [0.3, 0.4) is 0 Å². The van der Waals surface area contributed by atoms with Crippen molar-refractivity contribution in [3.8, 4) is 22.9 Å². The summed E-state index contributed by atoms with van der Waals surface area (Å²) in [5, 5.41) is 24.3. The van der Waals surface area contributed by atoms with Crippen molar-refractivity contribution in [3.63, 3.8) is 0 Å². The Hall–Kier alpha value is -4.34. The van der Waals surface area contributed by atoms with Crippen LogP contribution in [0.25, 0.3) is 33.8 Å². The molecule has 12 nitrogen and oxygen atoms in total. The Kier molecular flexibility index (Phi) is 7.67. The van der Waals surface area contributed by atoms with Crippen molar-refractivity contribution in [2.24, 2.45) is 5.73 Å². The Labute approximate surface area is 218 Å². The number of hydrogen-bond acceptors (Lipinski definition) is 7. The smallest absolute Gasteiger partial charge is 0.475 e. The number of carbonyl (C=O) groups excluding carboxylic acids is 1. The zero-order chi connectivity index (χ0) is 28.5. The van der Waals surface area contributed by atoms with Crippen LogP contribution < -0.4 is 5.73 Å². The average Bonchev–Trinajstić information content (AvgIpc) is 3.58. The molecule has 0 spiro atoms. The number of fused-ring (bicyclic) bond motifs is 1. The number of carbonyl (C=O) groups is 2. The van der Waals surface area contributed by atoms with Gasteiger partial charge in [0.2, 0.25) is 5.91 Å². The Balaban J connectivity index is 0.000000448. The standard InChI is InChI=1S/C21H24FN9O.C2HF3O2/c1-3-30-18(6-12(2)28-30)21-25-20(26-27-21)15-7-13(19(23)32)8-17-16(15)9-24-31(17)5-4-29-10-14(22)11-29;3-2(4,5)1(6)7/h6-9,14H,3-5,10-11H2,1-2H3,(H2,23,32)(H,25,26,27);(H,6,7). The molecule has 1 aromatic carbocycles. The largest absolute Gasteiger partial charge is 0.490 e. The van der Waals surface area contributed by atoms with Gasteiger partial charge in [0.25, 0.3) is 0 Å². The van der Waals surface area contributed by atoms with E-state index in [1.54, 1.807) is 18.3 Å². The number of amides is 1. The number of rotatable bonds is 7. The van der Waals surface area contributed by atoms with Crippen LogP contribution >= 0.6 is 0 Å². The zero-order valence-electron chi connectivity index (χ0n) is 20.9.